The number of hydrogen-bond acceptors (Lipinski definition) is 6. The number of anilines is 3. The van der Waals surface area contributed by atoms with E-state index in [-0.39, 0.29) is 47.5 Å². The fourth-order valence-corrected chi connectivity index (χ4v) is 11.9. The number of carbonyl (C=O) groups excluding carboxylic acids is 3. The number of thioether (sulfide) groups is 1. The van der Waals surface area contributed by atoms with Gasteiger partial charge < -0.3 is 24.7 Å². The van der Waals surface area contributed by atoms with Crippen molar-refractivity contribution in [2.45, 2.75) is 47.2 Å². The molecule has 0 radical (unpaired) electrons. The zero-order valence-corrected chi connectivity index (χ0v) is 31.0. The summed E-state index contributed by atoms with van der Waals surface area (Å²) in [7, 11) is 0. The van der Waals surface area contributed by atoms with E-state index in [2.05, 4.69) is 47.8 Å². The number of nitrogens with zero attached hydrogens (tertiary/aromatic N) is 4. The Hall–Kier alpha value is -3.86. The Kier molecular flexibility index (Phi) is 10.9. The van der Waals surface area contributed by atoms with Gasteiger partial charge in [0, 0.05) is 53.3 Å². The van der Waals surface area contributed by atoms with Crippen molar-refractivity contribution in [3.05, 3.63) is 116 Å². The highest BCUT2D eigenvalue weighted by Gasteiger charge is 2.76. The Morgan fingerprint density at radius 3 is 2.00 bits per heavy atom. The normalized spacial score (nSPS) is 25.6. The molecule has 0 saturated carbocycles. The topological polar surface area (TPSA) is 84.4 Å². The van der Waals surface area contributed by atoms with Gasteiger partial charge in [0.05, 0.1) is 29.2 Å². The maximum atomic E-state index is 15.3. The monoisotopic (exact) mass is 756 g/mol. The van der Waals surface area contributed by atoms with Crippen LogP contribution >= 0.6 is 27.7 Å². The molecule has 8 nitrogen and oxygen atoms in total. The first kappa shape index (κ1) is 35.9. The number of hydrogen-bond donors (Lipinski definition) is 1. The third-order valence-corrected chi connectivity index (χ3v) is 13.7. The van der Waals surface area contributed by atoms with Crippen LogP contribution in [0.4, 0.5) is 17.1 Å². The largest absolute Gasteiger partial charge is 0.394 e. The molecular weight excluding hydrogens is 712 g/mol. The molecule has 3 heterocycles. The van der Waals surface area contributed by atoms with E-state index in [4.69, 9.17) is 0 Å². The first-order chi connectivity index (χ1) is 24.3. The van der Waals surface area contributed by atoms with Gasteiger partial charge in [0.1, 0.15) is 6.04 Å². The molecule has 2 bridgehead atoms. The lowest BCUT2D eigenvalue weighted by molar-refractivity contribution is -0.142. The molecule has 3 aromatic rings. The number of aliphatic hydroxyl groups is 1. The lowest BCUT2D eigenvalue weighted by Gasteiger charge is -2.40. The minimum absolute atomic E-state index is 0.104. The Morgan fingerprint density at radius 1 is 0.900 bits per heavy atom. The van der Waals surface area contributed by atoms with Gasteiger partial charge in [-0.2, -0.15) is 0 Å². The van der Waals surface area contributed by atoms with E-state index >= 15 is 9.59 Å². The molecule has 3 aliphatic heterocycles. The fourth-order valence-electron chi connectivity index (χ4n) is 8.27. The van der Waals surface area contributed by atoms with Crippen LogP contribution in [0.1, 0.15) is 31.9 Å². The van der Waals surface area contributed by atoms with Crippen molar-refractivity contribution in [2.75, 3.05) is 47.5 Å². The second-order valence-corrected chi connectivity index (χ2v) is 15.7. The number of alkyl halides is 1. The summed E-state index contributed by atoms with van der Waals surface area (Å²) in [6, 6.07) is 25.0. The summed E-state index contributed by atoms with van der Waals surface area (Å²) in [5, 5.41) is 10.7. The van der Waals surface area contributed by atoms with Crippen LogP contribution in [0.25, 0.3) is 0 Å². The van der Waals surface area contributed by atoms with Gasteiger partial charge in [-0.3, -0.25) is 14.4 Å². The SMILES string of the molecule is C=CCN(C(=O)C1N([C@H](CO)c2ccccc2)C(=O)[C@@H]2[C@@H](C(=O)N(CC=C)c3ccccc3)[C@@H]3SC12CC3Br)c1ccc(N(CC)CC)cc1. The summed E-state index contributed by atoms with van der Waals surface area (Å²) in [5.74, 6) is -2.15. The first-order valence-corrected chi connectivity index (χ1v) is 19.1. The summed E-state index contributed by atoms with van der Waals surface area (Å²) < 4.78 is -0.910. The van der Waals surface area contributed by atoms with E-state index < -0.39 is 28.7 Å². The molecule has 1 spiro atoms. The third-order valence-electron chi connectivity index (χ3n) is 10.5. The van der Waals surface area contributed by atoms with Gasteiger partial charge in [-0.25, -0.2) is 0 Å². The van der Waals surface area contributed by atoms with Crippen LogP contribution in [0.15, 0.2) is 110 Å². The molecule has 3 saturated heterocycles. The molecule has 10 heteroatoms. The molecular formula is C40H45BrN4O4S. The summed E-state index contributed by atoms with van der Waals surface area (Å²) in [5.41, 5.74) is 3.21. The molecule has 3 fully saturated rings. The van der Waals surface area contributed by atoms with E-state index in [1.807, 2.05) is 84.9 Å². The molecule has 1 N–H and O–H groups in total. The molecule has 6 rings (SSSR count). The van der Waals surface area contributed by atoms with E-state index in [1.54, 1.807) is 38.6 Å². The summed E-state index contributed by atoms with van der Waals surface area (Å²) in [6.07, 6.45) is 3.91. The molecule has 7 atom stereocenters. The van der Waals surface area contributed by atoms with Gasteiger partial charge >= 0.3 is 0 Å². The Balaban J connectivity index is 1.47. The van der Waals surface area contributed by atoms with Gasteiger partial charge in [-0.1, -0.05) is 76.6 Å². The number of halogens is 1. The Labute approximate surface area is 307 Å². The second-order valence-electron chi connectivity index (χ2n) is 13.0. The van der Waals surface area contributed by atoms with Crippen LogP contribution in [-0.2, 0) is 14.4 Å². The van der Waals surface area contributed by atoms with Crippen molar-refractivity contribution < 1.29 is 19.5 Å². The molecule has 0 aromatic heterocycles. The van der Waals surface area contributed by atoms with Gasteiger partial charge in [0.15, 0.2) is 0 Å². The Morgan fingerprint density at radius 2 is 1.44 bits per heavy atom. The third kappa shape index (κ3) is 6.09. The van der Waals surface area contributed by atoms with E-state index in [9.17, 15) is 9.90 Å². The van der Waals surface area contributed by atoms with Crippen LogP contribution < -0.4 is 14.7 Å². The summed E-state index contributed by atoms with van der Waals surface area (Å²) >= 11 is 5.50. The van der Waals surface area contributed by atoms with Crippen molar-refractivity contribution in [1.29, 1.82) is 0 Å². The van der Waals surface area contributed by atoms with Crippen LogP contribution in [0.5, 0.6) is 0 Å². The van der Waals surface area contributed by atoms with E-state index in [1.165, 1.54) is 0 Å². The van der Waals surface area contributed by atoms with Crippen LogP contribution in [-0.4, -0.2) is 81.4 Å². The summed E-state index contributed by atoms with van der Waals surface area (Å²) in [4.78, 5) is 52.3. The summed E-state index contributed by atoms with van der Waals surface area (Å²) in [6.45, 7) is 13.9. The number of benzene rings is 3. The first-order valence-electron chi connectivity index (χ1n) is 17.3. The molecule has 262 valence electrons. The number of aliphatic hydroxyl groups excluding tert-OH is 1. The van der Waals surface area contributed by atoms with E-state index in [0.717, 1.165) is 30.0 Å². The van der Waals surface area contributed by atoms with Crippen LogP contribution in [0, 0.1) is 11.8 Å². The maximum Gasteiger partial charge on any atom is 0.251 e. The number of amides is 3. The highest BCUT2D eigenvalue weighted by Crippen LogP contribution is 2.69. The quantitative estimate of drug-likeness (QED) is 0.150. The number of para-hydroxylation sites is 1. The van der Waals surface area contributed by atoms with Crippen molar-refractivity contribution >= 4 is 62.5 Å². The Bertz CT molecular complexity index is 1710. The standard InChI is InChI=1S/C40H45BrN4O4S/c1-5-23-43(29-17-13-10-14-18-29)37(47)33-34-38(48)45(32(26-46)27-15-11-9-12-16-27)36(40(34)25-31(41)35(33)50-40)39(49)44(24-6-2)30-21-19-28(20-22-30)42(7-3)8-4/h5-6,9-22,31-36,46H,1-2,7-8,23-26H2,3-4H3/t31?,32-,33-,34+,35-,36?,40?/m1/s1. The lowest BCUT2D eigenvalue weighted by Crippen LogP contribution is -2.56. The van der Waals surface area contributed by atoms with Crippen molar-refractivity contribution in [1.82, 2.24) is 4.90 Å². The number of fused-ring (bicyclic) bond motifs is 1. The second kappa shape index (κ2) is 15.2. The minimum atomic E-state index is -0.947. The number of rotatable bonds is 14. The van der Waals surface area contributed by atoms with Crippen LogP contribution in [0.3, 0.4) is 0 Å². The van der Waals surface area contributed by atoms with Gasteiger partial charge in [0.2, 0.25) is 11.8 Å². The molecule has 50 heavy (non-hydrogen) atoms. The average molecular weight is 758 g/mol. The zero-order chi connectivity index (χ0) is 35.6. The van der Waals surface area contributed by atoms with Gasteiger partial charge in [0.25, 0.3) is 5.91 Å². The highest BCUT2D eigenvalue weighted by atomic mass is 79.9. The molecule has 3 aromatic carbocycles. The fraction of sp³-hybridized carbons (Fsp3) is 0.375. The van der Waals surface area contributed by atoms with Crippen LogP contribution in [0.2, 0.25) is 0 Å². The minimum Gasteiger partial charge on any atom is -0.394 e. The number of likely N-dealkylation sites (tertiary alicyclic amines) is 1. The average Bonchev–Trinajstić information content (AvgIpc) is 3.74. The van der Waals surface area contributed by atoms with Crippen molar-refractivity contribution in [3.8, 4) is 0 Å². The molecule has 3 unspecified atom stereocenters. The number of carbonyl (C=O) groups is 3. The maximum absolute atomic E-state index is 15.3. The van der Waals surface area contributed by atoms with Gasteiger partial charge in [-0.15, -0.1) is 24.9 Å². The zero-order valence-electron chi connectivity index (χ0n) is 28.6. The predicted molar refractivity (Wildman–Crippen MR) is 207 cm³/mol. The molecule has 0 aliphatic carbocycles. The lowest BCUT2D eigenvalue weighted by atomic mass is 9.70. The predicted octanol–water partition coefficient (Wildman–Crippen LogP) is 6.47. The molecule has 3 aliphatic rings. The molecule has 3 amide bonds. The highest BCUT2D eigenvalue weighted by molar-refractivity contribution is 9.09. The van der Waals surface area contributed by atoms with Crippen molar-refractivity contribution in [2.24, 2.45) is 11.8 Å². The van der Waals surface area contributed by atoms with Gasteiger partial charge in [-0.05, 0) is 62.2 Å². The van der Waals surface area contributed by atoms with E-state index in [0.29, 0.717) is 12.1 Å². The van der Waals surface area contributed by atoms with Crippen molar-refractivity contribution in [3.63, 3.8) is 0 Å². The smallest absolute Gasteiger partial charge is 0.251 e.